The lowest BCUT2D eigenvalue weighted by Gasteiger charge is -2.08. The van der Waals surface area contributed by atoms with Gasteiger partial charge in [-0.2, -0.15) is 0 Å². The Kier molecular flexibility index (Phi) is 30.8. The molecule has 17 nitrogen and oxygen atoms in total. The van der Waals surface area contributed by atoms with Crippen LogP contribution in [-0.4, -0.2) is 62.9 Å². The summed E-state index contributed by atoms with van der Waals surface area (Å²) in [5.74, 6) is 2.00. The van der Waals surface area contributed by atoms with Gasteiger partial charge in [-0.15, -0.1) is 0 Å². The van der Waals surface area contributed by atoms with E-state index in [-0.39, 0.29) is 79.6 Å². The molecule has 0 spiro atoms. The van der Waals surface area contributed by atoms with E-state index in [4.69, 9.17) is 35.7 Å². The number of ketones is 5. The molecule has 0 amide bonds. The van der Waals surface area contributed by atoms with Crippen molar-refractivity contribution in [1.29, 1.82) is 0 Å². The van der Waals surface area contributed by atoms with Crippen molar-refractivity contribution in [2.45, 2.75) is 34.3 Å². The van der Waals surface area contributed by atoms with Crippen LogP contribution in [0.15, 0.2) is 294 Å². The number of hydrogen-bond donors (Lipinski definition) is 8. The summed E-state index contributed by atoms with van der Waals surface area (Å²) in [6.07, 6.45) is 14.0. The van der Waals surface area contributed by atoms with Gasteiger partial charge in [0.15, 0.2) is 51.9 Å². The molecule has 2 aliphatic rings. The molecule has 0 unspecified atom stereocenters. The van der Waals surface area contributed by atoms with Crippen molar-refractivity contribution in [2.75, 3.05) is 34.9 Å². The number of para-hydroxylation sites is 4. The average molecular weight is 1540 g/mol. The van der Waals surface area contributed by atoms with Gasteiger partial charge >= 0.3 is 0 Å². The number of phenolic OH excluding ortho intramolecular Hbond substituents is 3. The van der Waals surface area contributed by atoms with Gasteiger partial charge in [0.2, 0.25) is 13.6 Å². The average Bonchev–Trinajstić information content (AvgIpc) is 1.73. The van der Waals surface area contributed by atoms with Crippen LogP contribution in [0.4, 0.5) is 27.1 Å². The molecule has 0 radical (unpaired) electrons. The number of carbonyl (C=O) groups excluding carboxylic acids is 5. The van der Waals surface area contributed by atoms with Crippen molar-refractivity contribution in [3.63, 3.8) is 0 Å². The maximum atomic E-state index is 13.3. The highest BCUT2D eigenvalue weighted by Crippen LogP contribution is 2.35. The summed E-state index contributed by atoms with van der Waals surface area (Å²) in [6, 6.07) is 63.9. The molecule has 103 heavy (non-hydrogen) atoms. The highest BCUT2D eigenvalue weighted by molar-refractivity contribution is 9.10. The number of aliphatic hydroxyl groups excluding tert-OH is 1. The Morgan fingerprint density at radius 3 is 1.53 bits per heavy atom. The summed E-state index contributed by atoms with van der Waals surface area (Å²) in [5.41, 5.74) is 8.34. The molecule has 2 heterocycles. The molecule has 0 aromatic heterocycles. The van der Waals surface area contributed by atoms with Crippen LogP contribution in [-0.2, 0) is 13.0 Å². The molecule has 10 aromatic carbocycles. The van der Waals surface area contributed by atoms with E-state index in [1.165, 1.54) is 54.9 Å². The SMILES string of the molecule is C.C/C(=C\C(=O)c1ccc(CO)cc1)Nc1ccccc1O.Cc1ccc(O)c(C/C=C\C(=O)c2ccc3c(c2)OCO3)c1.O=C(/C=C/Nc1cc(Cl)ccc1O)c1ccccc1.O=C(/C=C/Nc1ccccc1Br)c1ccc2c(c1)OCO2.O=C(/C=C/Nc1ccccc1F)c1ccc(Br)cc1. The number of allylic oxidation sites excluding steroid dienone is 7. The van der Waals surface area contributed by atoms with Gasteiger partial charge in [-0.25, -0.2) is 4.39 Å². The largest absolute Gasteiger partial charge is 0.508 e. The summed E-state index contributed by atoms with van der Waals surface area (Å²) < 4.78 is 36.1. The normalized spacial score (nSPS) is 11.5. The number of aliphatic hydroxyl groups is 1. The summed E-state index contributed by atoms with van der Waals surface area (Å²) in [5, 5.41) is 50.1. The molecule has 0 aliphatic carbocycles. The lowest BCUT2D eigenvalue weighted by molar-refractivity contribution is 0.103. The predicted octanol–water partition coefficient (Wildman–Crippen LogP) is 19.4. The van der Waals surface area contributed by atoms with E-state index < -0.39 is 0 Å². The van der Waals surface area contributed by atoms with Crippen molar-refractivity contribution in [3.8, 4) is 40.2 Å². The number of benzene rings is 10. The van der Waals surface area contributed by atoms with E-state index in [1.54, 1.807) is 189 Å². The number of aryl methyl sites for hydroxylation is 1. The lowest BCUT2D eigenvalue weighted by Crippen LogP contribution is -2.01. The minimum atomic E-state index is -0.358. The summed E-state index contributed by atoms with van der Waals surface area (Å²) in [7, 11) is 0. The molecule has 0 bridgehead atoms. The Morgan fingerprint density at radius 1 is 0.476 bits per heavy atom. The van der Waals surface area contributed by atoms with E-state index >= 15 is 0 Å². The second-order valence-corrected chi connectivity index (χ2v) is 24.2. The zero-order valence-electron chi connectivity index (χ0n) is 54.9. The molecule has 8 N–H and O–H groups in total. The van der Waals surface area contributed by atoms with Crippen molar-refractivity contribution < 1.29 is 67.7 Å². The van der Waals surface area contributed by atoms with Crippen LogP contribution in [0.3, 0.4) is 0 Å². The van der Waals surface area contributed by atoms with Crippen LogP contribution < -0.4 is 40.2 Å². The van der Waals surface area contributed by atoms with E-state index in [9.17, 15) is 43.7 Å². The zero-order valence-corrected chi connectivity index (χ0v) is 58.8. The van der Waals surface area contributed by atoms with Gasteiger partial charge < -0.3 is 60.6 Å². The fourth-order valence-electron chi connectivity index (χ4n) is 9.16. The molecule has 0 saturated heterocycles. The molecule has 526 valence electrons. The van der Waals surface area contributed by atoms with E-state index in [0.717, 1.165) is 31.3 Å². The van der Waals surface area contributed by atoms with E-state index in [1.807, 2.05) is 49.4 Å². The third kappa shape index (κ3) is 25.1. The highest BCUT2D eigenvalue weighted by atomic mass is 79.9. The fourth-order valence-corrected chi connectivity index (χ4v) is 9.99. The third-order valence-corrected chi connectivity index (χ3v) is 15.9. The summed E-state index contributed by atoms with van der Waals surface area (Å²) in [4.78, 5) is 59.9. The number of fused-ring (bicyclic) bond motifs is 2. The Balaban J connectivity index is 0.000000180. The van der Waals surface area contributed by atoms with Gasteiger partial charge in [-0.1, -0.05) is 150 Å². The molecule has 21 heteroatoms. The summed E-state index contributed by atoms with van der Waals surface area (Å²) in [6.45, 7) is 4.07. The standard InChI is InChI=1S/C18H16O4.C17H17NO3.C16H12BrNO3.C15H11BrFNO.C15H12ClNO2.CH4/c1-12-5-7-16(20)13(9-12)3-2-4-15(19)14-6-8-17-18(10-14)22-11-21-17;1-12(18-15-4-2-3-5-16(15)20)10-17(21)14-8-6-13(11-19)7-9-14;17-12-3-1-2-4-13(12)18-8-7-14(19)11-5-6-15-16(9-11)21-10-20-15;16-12-7-5-11(6-8-12)15(19)9-10-18-14-4-2-1-3-13(14)17;16-12-6-7-15(19)13(10-12)17-9-8-14(18)11-4-2-1-3-5-11;/h2,4-10,20H,3,11H2,1H3;2-10,18-20H,11H2,1H3;1-9,18H,10H2;1-10,18H;1-10,17,19H;1H4/b4-2-;12-10+;8-7+;10-9+;9-8+;. The van der Waals surface area contributed by atoms with Crippen LogP contribution in [0.25, 0.3) is 0 Å². The van der Waals surface area contributed by atoms with Crippen LogP contribution >= 0.6 is 43.5 Å². The van der Waals surface area contributed by atoms with Gasteiger partial charge in [-0.3, -0.25) is 24.0 Å². The molecular weight excluding hydrogens is 1460 g/mol. The Labute approximate surface area is 617 Å². The number of halogens is 4. The highest BCUT2D eigenvalue weighted by Gasteiger charge is 2.17. The molecule has 0 fully saturated rings. The number of anilines is 4. The molecule has 2 aliphatic heterocycles. The van der Waals surface area contributed by atoms with Crippen LogP contribution in [0.2, 0.25) is 5.02 Å². The van der Waals surface area contributed by atoms with Crippen LogP contribution in [0.1, 0.15) is 82.8 Å². The van der Waals surface area contributed by atoms with Crippen molar-refractivity contribution in [1.82, 2.24) is 0 Å². The number of hydrogen-bond acceptors (Lipinski definition) is 17. The molecule has 12 rings (SSSR count). The molecule has 10 aromatic rings. The maximum absolute atomic E-state index is 13.3. The first-order chi connectivity index (χ1) is 49.3. The number of rotatable bonds is 21. The minimum absolute atomic E-state index is 0. The number of phenols is 3. The third-order valence-electron chi connectivity index (χ3n) is 14.5. The van der Waals surface area contributed by atoms with Gasteiger partial charge in [0.05, 0.1) is 29.4 Å². The first kappa shape index (κ1) is 78.5. The van der Waals surface area contributed by atoms with Gasteiger partial charge in [0.1, 0.15) is 23.1 Å². The Hall–Kier alpha value is -11.8. The van der Waals surface area contributed by atoms with Crippen LogP contribution in [0, 0.1) is 12.7 Å². The molecular formula is C82H72Br2ClFN4O13. The number of carbonyl (C=O) groups is 5. The first-order valence-electron chi connectivity index (χ1n) is 31.3. The van der Waals surface area contributed by atoms with Gasteiger partial charge in [0.25, 0.3) is 0 Å². The molecule has 0 atom stereocenters. The second-order valence-electron chi connectivity index (χ2n) is 21.9. The fraction of sp³-hybridized carbons (Fsp3) is 0.0854. The van der Waals surface area contributed by atoms with Crippen molar-refractivity contribution in [2.24, 2.45) is 0 Å². The maximum Gasteiger partial charge on any atom is 0.231 e. The summed E-state index contributed by atoms with van der Waals surface area (Å²) >= 11 is 12.5. The van der Waals surface area contributed by atoms with Gasteiger partial charge in [0, 0.05) is 90.4 Å². The van der Waals surface area contributed by atoms with Crippen molar-refractivity contribution >= 4 is 95.1 Å². The van der Waals surface area contributed by atoms with Gasteiger partial charge in [-0.05, 0) is 175 Å². The lowest BCUT2D eigenvalue weighted by atomic mass is 10.1. The first-order valence-corrected chi connectivity index (χ1v) is 33.2. The molecule has 0 saturated carbocycles. The smallest absolute Gasteiger partial charge is 0.231 e. The van der Waals surface area contributed by atoms with Crippen molar-refractivity contribution in [3.05, 3.63) is 350 Å². The quantitative estimate of drug-likeness (QED) is 0.0189. The number of nitrogens with one attached hydrogen (secondary N) is 4. The minimum Gasteiger partial charge on any atom is -0.508 e. The number of aromatic hydroxyl groups is 3. The zero-order chi connectivity index (χ0) is 72.8. The topological polar surface area (TPSA) is 251 Å². The second kappa shape index (κ2) is 40.4. The number of ether oxygens (including phenoxy) is 4. The van der Waals surface area contributed by atoms with E-state index in [2.05, 4.69) is 53.1 Å². The van der Waals surface area contributed by atoms with Crippen LogP contribution in [0.5, 0.6) is 40.2 Å². The predicted molar refractivity (Wildman–Crippen MR) is 410 cm³/mol. The monoisotopic (exact) mass is 1530 g/mol. The Bertz CT molecular complexity index is 4720. The van der Waals surface area contributed by atoms with E-state index in [0.29, 0.717) is 85.0 Å². The Morgan fingerprint density at radius 2 is 0.942 bits per heavy atom.